The summed E-state index contributed by atoms with van der Waals surface area (Å²) in [7, 11) is 0. The average molecular weight is 251 g/mol. The number of hydrogen-bond acceptors (Lipinski definition) is 5. The molecule has 0 radical (unpaired) electrons. The van der Waals surface area contributed by atoms with E-state index in [1.807, 2.05) is 0 Å². The molecule has 1 aromatic heterocycles. The molecule has 2 bridgehead atoms. The first-order valence-corrected chi connectivity index (χ1v) is 5.95. The first kappa shape index (κ1) is 11.4. The van der Waals surface area contributed by atoms with E-state index < -0.39 is 28.4 Å². The summed E-state index contributed by atoms with van der Waals surface area (Å²) in [6.45, 7) is 0. The minimum absolute atomic E-state index is 0.00887. The van der Waals surface area contributed by atoms with E-state index in [9.17, 15) is 20.0 Å². The van der Waals surface area contributed by atoms with Crippen LogP contribution < -0.4 is 0 Å². The second kappa shape index (κ2) is 3.65. The molecule has 0 amide bonds. The van der Waals surface area contributed by atoms with Crippen molar-refractivity contribution < 1.29 is 19.2 Å². The maximum Gasteiger partial charge on any atom is 0.251 e. The fourth-order valence-corrected chi connectivity index (χ4v) is 3.43. The molecule has 6 nitrogen and oxygen atoms in total. The lowest BCUT2D eigenvalue weighted by molar-refractivity contribution is -0.545. The largest absolute Gasteiger partial charge is 0.469 e. The molecule has 2 aliphatic carbocycles. The number of aliphatic hydroxyl groups is 1. The third kappa shape index (κ3) is 1.42. The van der Waals surface area contributed by atoms with Crippen LogP contribution in [0.1, 0.15) is 30.9 Å². The van der Waals surface area contributed by atoms with Gasteiger partial charge in [-0.3, -0.25) is 14.9 Å². The van der Waals surface area contributed by atoms with Crippen molar-refractivity contribution in [2.45, 2.75) is 36.8 Å². The average Bonchev–Trinajstić information content (AvgIpc) is 2.88. The topological polar surface area (TPSA) is 93.6 Å². The van der Waals surface area contributed by atoms with Gasteiger partial charge in [0.05, 0.1) is 12.2 Å². The van der Waals surface area contributed by atoms with Crippen LogP contribution in [0.15, 0.2) is 22.8 Å². The second-order valence-electron chi connectivity index (χ2n) is 5.15. The van der Waals surface area contributed by atoms with Crippen molar-refractivity contribution in [1.29, 1.82) is 0 Å². The van der Waals surface area contributed by atoms with Crippen LogP contribution >= 0.6 is 0 Å². The summed E-state index contributed by atoms with van der Waals surface area (Å²) in [6, 6.07) is 2.13. The van der Waals surface area contributed by atoms with Gasteiger partial charge in [-0.2, -0.15) is 0 Å². The molecule has 0 saturated heterocycles. The number of nitro groups is 1. The van der Waals surface area contributed by atoms with Crippen LogP contribution in [0, 0.1) is 16.0 Å². The number of hydrogen-bond donors (Lipinski definition) is 1. The highest BCUT2D eigenvalue weighted by Crippen LogP contribution is 2.52. The van der Waals surface area contributed by atoms with E-state index in [2.05, 4.69) is 0 Å². The van der Waals surface area contributed by atoms with Gasteiger partial charge in [-0.05, 0) is 25.0 Å². The van der Waals surface area contributed by atoms with Crippen LogP contribution in [0.5, 0.6) is 0 Å². The third-order valence-corrected chi connectivity index (χ3v) is 4.21. The Bertz CT molecular complexity index is 497. The van der Waals surface area contributed by atoms with Gasteiger partial charge in [0, 0.05) is 17.3 Å². The van der Waals surface area contributed by atoms with Crippen LogP contribution in [0.25, 0.3) is 0 Å². The summed E-state index contributed by atoms with van der Waals surface area (Å²) in [6.07, 6.45) is 1.99. The fraction of sp³-hybridized carbons (Fsp3) is 0.583. The standard InChI is InChI=1S/C12H13NO5/c14-8-3-4-12(15)6-7(8)10(11(12)13(16)17)9-2-1-5-18-9/h1-2,5,7,10-11,15H,3-4,6H2. The summed E-state index contributed by atoms with van der Waals surface area (Å²) in [5.41, 5.74) is -1.38. The van der Waals surface area contributed by atoms with Crippen LogP contribution in [0.3, 0.4) is 0 Å². The molecule has 18 heavy (non-hydrogen) atoms. The van der Waals surface area contributed by atoms with Gasteiger partial charge in [0.15, 0.2) is 0 Å². The molecule has 2 fully saturated rings. The Balaban J connectivity index is 2.09. The molecule has 4 atom stereocenters. The van der Waals surface area contributed by atoms with Gasteiger partial charge in [-0.15, -0.1) is 0 Å². The van der Waals surface area contributed by atoms with E-state index in [4.69, 9.17) is 4.42 Å². The molecule has 4 unspecified atom stereocenters. The lowest BCUT2D eigenvalue weighted by atomic mass is 9.83. The van der Waals surface area contributed by atoms with Crippen molar-refractivity contribution >= 4 is 5.78 Å². The summed E-state index contributed by atoms with van der Waals surface area (Å²) in [5, 5.41) is 21.7. The molecule has 3 rings (SSSR count). The molecule has 1 aromatic rings. The van der Waals surface area contributed by atoms with Crippen molar-refractivity contribution in [2.75, 3.05) is 0 Å². The Morgan fingerprint density at radius 1 is 1.56 bits per heavy atom. The minimum Gasteiger partial charge on any atom is -0.469 e. The quantitative estimate of drug-likeness (QED) is 0.628. The lowest BCUT2D eigenvalue weighted by Gasteiger charge is -2.26. The summed E-state index contributed by atoms with van der Waals surface area (Å²) in [4.78, 5) is 22.7. The van der Waals surface area contributed by atoms with Crippen molar-refractivity contribution in [3.8, 4) is 0 Å². The number of carbonyl (C=O) groups is 1. The van der Waals surface area contributed by atoms with Crippen LogP contribution in [-0.2, 0) is 4.79 Å². The van der Waals surface area contributed by atoms with E-state index in [1.54, 1.807) is 12.1 Å². The normalized spacial score (nSPS) is 38.9. The number of Topliss-reactive ketones (excluding diaryl/α,β-unsaturated/α-hetero) is 1. The zero-order chi connectivity index (χ0) is 12.9. The van der Waals surface area contributed by atoms with Gasteiger partial charge in [-0.25, -0.2) is 0 Å². The summed E-state index contributed by atoms with van der Waals surface area (Å²) >= 11 is 0. The summed E-state index contributed by atoms with van der Waals surface area (Å²) in [5.74, 6) is -0.724. The number of ketones is 1. The van der Waals surface area contributed by atoms with Gasteiger partial charge >= 0.3 is 0 Å². The Labute approximate surface area is 103 Å². The third-order valence-electron chi connectivity index (χ3n) is 4.21. The highest BCUT2D eigenvalue weighted by molar-refractivity contribution is 5.84. The highest BCUT2D eigenvalue weighted by atomic mass is 16.6. The molecular formula is C12H13NO5. The summed E-state index contributed by atoms with van der Waals surface area (Å²) < 4.78 is 5.23. The minimum atomic E-state index is -1.38. The van der Waals surface area contributed by atoms with Crippen molar-refractivity contribution in [2.24, 2.45) is 5.92 Å². The zero-order valence-corrected chi connectivity index (χ0v) is 9.61. The van der Waals surface area contributed by atoms with Crippen LogP contribution in [0.4, 0.5) is 0 Å². The Morgan fingerprint density at radius 2 is 2.33 bits per heavy atom. The van der Waals surface area contributed by atoms with E-state index >= 15 is 0 Å². The predicted molar refractivity (Wildman–Crippen MR) is 59.5 cm³/mol. The van der Waals surface area contributed by atoms with Crippen molar-refractivity contribution in [3.05, 3.63) is 34.3 Å². The van der Waals surface area contributed by atoms with Gasteiger partial charge in [0.25, 0.3) is 6.04 Å². The predicted octanol–water partition coefficient (Wildman–Crippen LogP) is 1.12. The molecule has 96 valence electrons. The first-order chi connectivity index (χ1) is 8.53. The highest BCUT2D eigenvalue weighted by Gasteiger charge is 2.65. The molecule has 0 spiro atoms. The van der Waals surface area contributed by atoms with Gasteiger partial charge in [-0.1, -0.05) is 0 Å². The Hall–Kier alpha value is -1.69. The number of rotatable bonds is 2. The van der Waals surface area contributed by atoms with E-state index in [1.165, 1.54) is 6.26 Å². The van der Waals surface area contributed by atoms with Crippen LogP contribution in [-0.4, -0.2) is 27.5 Å². The molecule has 1 heterocycles. The van der Waals surface area contributed by atoms with Gasteiger partial charge in [0.1, 0.15) is 17.1 Å². The molecule has 6 heteroatoms. The maximum absolute atomic E-state index is 11.9. The smallest absolute Gasteiger partial charge is 0.251 e. The molecular weight excluding hydrogens is 238 g/mol. The number of furan rings is 1. The SMILES string of the molecule is O=C1CCC2(O)CC1C(c1ccco1)C2[N+](=O)[O-]. The Morgan fingerprint density at radius 3 is 2.94 bits per heavy atom. The number of fused-ring (bicyclic) bond motifs is 2. The van der Waals surface area contributed by atoms with Crippen molar-refractivity contribution in [1.82, 2.24) is 0 Å². The monoisotopic (exact) mass is 251 g/mol. The number of carbonyl (C=O) groups excluding carboxylic acids is 1. The van der Waals surface area contributed by atoms with E-state index in [0.29, 0.717) is 5.76 Å². The first-order valence-electron chi connectivity index (χ1n) is 5.95. The molecule has 2 saturated carbocycles. The number of nitrogens with zero attached hydrogens (tertiary/aromatic N) is 1. The zero-order valence-electron chi connectivity index (χ0n) is 9.61. The van der Waals surface area contributed by atoms with Crippen molar-refractivity contribution in [3.63, 3.8) is 0 Å². The second-order valence-corrected chi connectivity index (χ2v) is 5.15. The van der Waals surface area contributed by atoms with E-state index in [0.717, 1.165) is 0 Å². The Kier molecular flexibility index (Phi) is 2.31. The van der Waals surface area contributed by atoms with Gasteiger partial charge < -0.3 is 9.52 Å². The molecule has 0 aliphatic heterocycles. The fourth-order valence-electron chi connectivity index (χ4n) is 3.43. The lowest BCUT2D eigenvalue weighted by Crippen LogP contribution is -2.45. The molecule has 0 aromatic carbocycles. The molecule has 1 N–H and O–H groups in total. The maximum atomic E-state index is 11.9. The molecule has 2 aliphatic rings. The van der Waals surface area contributed by atoms with Crippen LogP contribution in [0.2, 0.25) is 0 Å². The van der Waals surface area contributed by atoms with Gasteiger partial charge in [0.2, 0.25) is 0 Å². The van der Waals surface area contributed by atoms with E-state index in [-0.39, 0.29) is 25.0 Å².